The van der Waals surface area contributed by atoms with Gasteiger partial charge in [0, 0.05) is 5.02 Å². The van der Waals surface area contributed by atoms with Gasteiger partial charge in [-0.1, -0.05) is 35.5 Å². The van der Waals surface area contributed by atoms with Gasteiger partial charge in [-0.2, -0.15) is 0 Å². The molecule has 152 valence electrons. The van der Waals surface area contributed by atoms with E-state index >= 15 is 0 Å². The number of carbonyl (C=O) groups excluding carboxylic acids is 2. The van der Waals surface area contributed by atoms with Crippen molar-refractivity contribution in [2.75, 3.05) is 11.1 Å². The van der Waals surface area contributed by atoms with Crippen LogP contribution in [0.4, 0.5) is 5.69 Å². The molecule has 4 aromatic rings. The van der Waals surface area contributed by atoms with Crippen LogP contribution in [-0.2, 0) is 11.3 Å². The summed E-state index contributed by atoms with van der Waals surface area (Å²) in [4.78, 5) is 32.5. The number of furan rings is 1. The summed E-state index contributed by atoms with van der Waals surface area (Å²) in [5, 5.41) is 6.80. The molecule has 0 bridgehead atoms. The Balaban J connectivity index is 1.37. The lowest BCUT2D eigenvalue weighted by Gasteiger charge is -2.10. The number of halogens is 1. The molecular formula is C21H17ClN4O3S. The first kappa shape index (κ1) is 20.1. The van der Waals surface area contributed by atoms with Crippen LogP contribution < -0.4 is 10.6 Å². The first-order chi connectivity index (χ1) is 14.6. The third kappa shape index (κ3) is 4.84. The quantitative estimate of drug-likeness (QED) is 0.368. The maximum atomic E-state index is 12.5. The fraction of sp³-hybridized carbons (Fsp3) is 0.0952. The van der Waals surface area contributed by atoms with Crippen LogP contribution in [0.5, 0.6) is 0 Å². The molecular weight excluding hydrogens is 424 g/mol. The number of benzene rings is 2. The molecule has 0 aliphatic carbocycles. The second-order valence-electron chi connectivity index (χ2n) is 6.35. The van der Waals surface area contributed by atoms with E-state index < -0.39 is 0 Å². The van der Waals surface area contributed by atoms with Gasteiger partial charge in [-0.05, 0) is 42.5 Å². The summed E-state index contributed by atoms with van der Waals surface area (Å²) in [7, 11) is 0. The van der Waals surface area contributed by atoms with Gasteiger partial charge in [0.25, 0.3) is 5.91 Å². The number of fused-ring (bicyclic) bond motifs is 1. The van der Waals surface area contributed by atoms with Crippen molar-refractivity contribution in [3.63, 3.8) is 0 Å². The van der Waals surface area contributed by atoms with Crippen LogP contribution in [0.25, 0.3) is 11.0 Å². The fourth-order valence-corrected chi connectivity index (χ4v) is 3.67. The summed E-state index contributed by atoms with van der Waals surface area (Å²) >= 11 is 7.25. The van der Waals surface area contributed by atoms with E-state index in [0.29, 0.717) is 27.2 Å². The zero-order valence-electron chi connectivity index (χ0n) is 15.6. The first-order valence-electron chi connectivity index (χ1n) is 9.06. The summed E-state index contributed by atoms with van der Waals surface area (Å²) < 4.78 is 5.21. The van der Waals surface area contributed by atoms with Crippen LogP contribution >= 0.6 is 23.4 Å². The van der Waals surface area contributed by atoms with Gasteiger partial charge in [-0.25, -0.2) is 4.98 Å². The number of rotatable bonds is 7. The van der Waals surface area contributed by atoms with Crippen molar-refractivity contribution in [1.29, 1.82) is 0 Å². The number of amides is 2. The smallest absolute Gasteiger partial charge is 0.253 e. The van der Waals surface area contributed by atoms with Gasteiger partial charge in [0.2, 0.25) is 5.91 Å². The summed E-state index contributed by atoms with van der Waals surface area (Å²) in [6, 6.07) is 15.7. The Morgan fingerprint density at radius 1 is 1.13 bits per heavy atom. The van der Waals surface area contributed by atoms with Crippen molar-refractivity contribution < 1.29 is 14.0 Å². The maximum Gasteiger partial charge on any atom is 0.253 e. The topological polar surface area (TPSA) is 100 Å². The Hall–Kier alpha value is -3.23. The first-order valence-corrected chi connectivity index (χ1v) is 10.4. The average Bonchev–Trinajstić information content (AvgIpc) is 3.40. The van der Waals surface area contributed by atoms with Crippen LogP contribution in [0.1, 0.15) is 16.1 Å². The Morgan fingerprint density at radius 3 is 2.83 bits per heavy atom. The van der Waals surface area contributed by atoms with E-state index in [0.717, 1.165) is 11.0 Å². The molecule has 2 heterocycles. The van der Waals surface area contributed by atoms with Crippen LogP contribution in [0, 0.1) is 0 Å². The molecule has 0 saturated heterocycles. The van der Waals surface area contributed by atoms with Crippen molar-refractivity contribution in [2.45, 2.75) is 11.7 Å². The monoisotopic (exact) mass is 440 g/mol. The van der Waals surface area contributed by atoms with E-state index in [1.54, 1.807) is 54.8 Å². The Kier molecular flexibility index (Phi) is 6.06. The van der Waals surface area contributed by atoms with Crippen molar-refractivity contribution in [3.8, 4) is 0 Å². The fourth-order valence-electron chi connectivity index (χ4n) is 2.81. The molecule has 7 nitrogen and oxygen atoms in total. The molecule has 2 aromatic carbocycles. The van der Waals surface area contributed by atoms with Crippen molar-refractivity contribution >= 4 is 51.9 Å². The van der Waals surface area contributed by atoms with Gasteiger partial charge in [-0.3, -0.25) is 9.59 Å². The average molecular weight is 441 g/mol. The van der Waals surface area contributed by atoms with Crippen molar-refractivity contribution in [1.82, 2.24) is 15.3 Å². The minimum atomic E-state index is -0.302. The molecule has 9 heteroatoms. The maximum absolute atomic E-state index is 12.5. The van der Waals surface area contributed by atoms with Gasteiger partial charge in [0.05, 0.1) is 40.8 Å². The number of hydrogen-bond acceptors (Lipinski definition) is 5. The lowest BCUT2D eigenvalue weighted by Crippen LogP contribution is -2.25. The van der Waals surface area contributed by atoms with Crippen molar-refractivity contribution in [3.05, 3.63) is 77.2 Å². The number of thioether (sulfide) groups is 1. The summed E-state index contributed by atoms with van der Waals surface area (Å²) in [6.45, 7) is 0.264. The molecule has 0 spiro atoms. The van der Waals surface area contributed by atoms with E-state index in [-0.39, 0.29) is 24.1 Å². The zero-order valence-corrected chi connectivity index (χ0v) is 17.2. The second-order valence-corrected chi connectivity index (χ2v) is 7.75. The zero-order chi connectivity index (χ0) is 20.9. The summed E-state index contributed by atoms with van der Waals surface area (Å²) in [6.07, 6.45) is 1.55. The van der Waals surface area contributed by atoms with Crippen LogP contribution in [0.15, 0.2) is 70.4 Å². The van der Waals surface area contributed by atoms with Gasteiger partial charge >= 0.3 is 0 Å². The predicted octanol–water partition coefficient (Wildman–Crippen LogP) is 4.47. The standard InChI is InChI=1S/C21H17ClN4O3S/c22-13-7-8-17-18(10-13)26-21(25-17)30-12-19(27)24-16-6-2-1-5-15(16)20(28)23-11-14-4-3-9-29-14/h1-10H,11-12H2,(H,23,28)(H,24,27)(H,25,26). The second kappa shape index (κ2) is 9.06. The number of imidazole rings is 1. The van der Waals surface area contributed by atoms with Crippen LogP contribution in [0.2, 0.25) is 5.02 Å². The third-order valence-electron chi connectivity index (χ3n) is 4.21. The predicted molar refractivity (Wildman–Crippen MR) is 117 cm³/mol. The molecule has 0 unspecified atom stereocenters. The number of carbonyl (C=O) groups is 2. The van der Waals surface area contributed by atoms with E-state index in [4.69, 9.17) is 16.0 Å². The molecule has 3 N–H and O–H groups in total. The number of para-hydroxylation sites is 1. The van der Waals surface area contributed by atoms with E-state index in [2.05, 4.69) is 20.6 Å². The van der Waals surface area contributed by atoms with Gasteiger partial charge in [0.1, 0.15) is 5.76 Å². The van der Waals surface area contributed by atoms with Crippen LogP contribution in [0.3, 0.4) is 0 Å². The van der Waals surface area contributed by atoms with Gasteiger partial charge in [0.15, 0.2) is 5.16 Å². The van der Waals surface area contributed by atoms with Crippen molar-refractivity contribution in [2.24, 2.45) is 0 Å². The number of hydrogen-bond donors (Lipinski definition) is 3. The lowest BCUT2D eigenvalue weighted by atomic mass is 10.1. The minimum Gasteiger partial charge on any atom is -0.467 e. The number of aromatic amines is 1. The highest BCUT2D eigenvalue weighted by Crippen LogP contribution is 2.23. The molecule has 4 rings (SSSR count). The number of nitrogens with one attached hydrogen (secondary N) is 3. The molecule has 0 saturated carbocycles. The molecule has 0 atom stereocenters. The number of H-pyrrole nitrogens is 1. The molecule has 0 aliphatic rings. The van der Waals surface area contributed by atoms with Crippen LogP contribution in [-0.4, -0.2) is 27.5 Å². The van der Waals surface area contributed by atoms with E-state index in [1.165, 1.54) is 11.8 Å². The van der Waals surface area contributed by atoms with E-state index in [9.17, 15) is 9.59 Å². The SMILES string of the molecule is O=C(CSc1nc2ccc(Cl)cc2[nH]1)Nc1ccccc1C(=O)NCc1ccco1. The number of anilines is 1. The highest BCUT2D eigenvalue weighted by atomic mass is 35.5. The summed E-state index contributed by atoms with van der Waals surface area (Å²) in [5.74, 6) is 0.234. The minimum absolute atomic E-state index is 0.135. The number of aromatic nitrogens is 2. The third-order valence-corrected chi connectivity index (χ3v) is 5.32. The largest absolute Gasteiger partial charge is 0.467 e. The lowest BCUT2D eigenvalue weighted by molar-refractivity contribution is -0.113. The van der Waals surface area contributed by atoms with Gasteiger partial charge in [-0.15, -0.1) is 0 Å². The highest BCUT2D eigenvalue weighted by molar-refractivity contribution is 7.99. The molecule has 2 amide bonds. The summed E-state index contributed by atoms with van der Waals surface area (Å²) in [5.41, 5.74) is 2.40. The molecule has 0 fully saturated rings. The number of nitrogens with zero attached hydrogens (tertiary/aromatic N) is 1. The Morgan fingerprint density at radius 2 is 2.00 bits per heavy atom. The molecule has 0 aliphatic heterocycles. The highest BCUT2D eigenvalue weighted by Gasteiger charge is 2.14. The van der Waals surface area contributed by atoms with Gasteiger partial charge < -0.3 is 20.0 Å². The molecule has 30 heavy (non-hydrogen) atoms. The Labute approximate surface area is 181 Å². The molecule has 2 aromatic heterocycles. The normalized spacial score (nSPS) is 10.8. The Bertz CT molecular complexity index is 1190. The van der Waals surface area contributed by atoms with E-state index in [1.807, 2.05) is 6.07 Å². The molecule has 0 radical (unpaired) electrons.